The van der Waals surface area contributed by atoms with E-state index in [1.54, 1.807) is 13.8 Å². The highest BCUT2D eigenvalue weighted by Crippen LogP contribution is 2.35. The summed E-state index contributed by atoms with van der Waals surface area (Å²) in [6.07, 6.45) is 0.907. The van der Waals surface area contributed by atoms with E-state index in [2.05, 4.69) is 18.3 Å². The number of nitrogens with zero attached hydrogens (tertiary/aromatic N) is 1. The number of hydrogen-bond donors (Lipinski definition) is 1. The van der Waals surface area contributed by atoms with Gasteiger partial charge < -0.3 is 5.32 Å². The minimum absolute atomic E-state index is 0.101. The molecule has 1 aromatic rings. The standard InChI is InChI=1S/C16H24N2O3S/c1-4-18(5-2)22(20,21)11-15(19)17-16-12(3)10-13-8-6-7-9-14(13)16/h6-9,12,16H,4-5,10-11H2,1-3H3,(H,17,19)/t12-,16+/m0/s1. The number of carbonyl (C=O) groups is 1. The Balaban J connectivity index is 2.07. The Hall–Kier alpha value is -1.40. The van der Waals surface area contributed by atoms with Crippen molar-refractivity contribution in [3.05, 3.63) is 35.4 Å². The van der Waals surface area contributed by atoms with Gasteiger partial charge in [0.1, 0.15) is 5.75 Å². The molecule has 0 fully saturated rings. The second-order valence-electron chi connectivity index (χ2n) is 5.77. The van der Waals surface area contributed by atoms with Crippen LogP contribution in [0.4, 0.5) is 0 Å². The summed E-state index contributed by atoms with van der Waals surface area (Å²) in [4.78, 5) is 12.2. The van der Waals surface area contributed by atoms with Crippen molar-refractivity contribution in [3.8, 4) is 0 Å². The SMILES string of the molecule is CCN(CC)S(=O)(=O)CC(=O)N[C@H]1c2ccccc2C[C@@H]1C. The lowest BCUT2D eigenvalue weighted by molar-refractivity contribution is -0.119. The van der Waals surface area contributed by atoms with Gasteiger partial charge in [0.05, 0.1) is 6.04 Å². The molecule has 2 atom stereocenters. The fraction of sp³-hybridized carbons (Fsp3) is 0.562. The first-order valence-corrected chi connectivity index (χ1v) is 9.35. The number of rotatable bonds is 6. The molecule has 0 bridgehead atoms. The van der Waals surface area contributed by atoms with Gasteiger partial charge in [-0.1, -0.05) is 45.0 Å². The van der Waals surface area contributed by atoms with Crippen LogP contribution in [0.15, 0.2) is 24.3 Å². The molecule has 0 spiro atoms. The van der Waals surface area contributed by atoms with Gasteiger partial charge >= 0.3 is 0 Å². The van der Waals surface area contributed by atoms with Crippen LogP contribution >= 0.6 is 0 Å². The van der Waals surface area contributed by atoms with E-state index in [0.29, 0.717) is 13.1 Å². The molecule has 0 radical (unpaired) electrons. The summed E-state index contributed by atoms with van der Waals surface area (Å²) in [6.45, 7) is 6.38. The van der Waals surface area contributed by atoms with E-state index >= 15 is 0 Å². The van der Waals surface area contributed by atoms with Gasteiger partial charge in [-0.05, 0) is 23.5 Å². The summed E-state index contributed by atoms with van der Waals surface area (Å²) in [5, 5.41) is 2.90. The van der Waals surface area contributed by atoms with E-state index in [0.717, 1.165) is 12.0 Å². The van der Waals surface area contributed by atoms with Crippen LogP contribution in [0.1, 0.15) is 37.9 Å². The lowest BCUT2D eigenvalue weighted by atomic mass is 10.0. The third-order valence-electron chi connectivity index (χ3n) is 4.23. The number of amides is 1. The Labute approximate surface area is 132 Å². The molecule has 122 valence electrons. The largest absolute Gasteiger partial charge is 0.348 e. The van der Waals surface area contributed by atoms with E-state index in [-0.39, 0.29) is 12.0 Å². The van der Waals surface area contributed by atoms with E-state index in [9.17, 15) is 13.2 Å². The number of nitrogens with one attached hydrogen (secondary N) is 1. The Kier molecular flexibility index (Phi) is 5.24. The number of fused-ring (bicyclic) bond motifs is 1. The van der Waals surface area contributed by atoms with Crippen molar-refractivity contribution >= 4 is 15.9 Å². The molecule has 2 rings (SSSR count). The van der Waals surface area contributed by atoms with Gasteiger partial charge in [0, 0.05) is 13.1 Å². The predicted octanol–water partition coefficient (Wildman–Crippen LogP) is 1.71. The number of sulfonamides is 1. The van der Waals surface area contributed by atoms with Gasteiger partial charge in [-0.3, -0.25) is 4.79 Å². The zero-order valence-electron chi connectivity index (χ0n) is 13.4. The summed E-state index contributed by atoms with van der Waals surface area (Å²) >= 11 is 0. The average molecular weight is 324 g/mol. The first-order valence-electron chi connectivity index (χ1n) is 7.74. The van der Waals surface area contributed by atoms with Crippen molar-refractivity contribution in [2.24, 2.45) is 5.92 Å². The van der Waals surface area contributed by atoms with Crippen LogP contribution in [0.3, 0.4) is 0 Å². The van der Waals surface area contributed by atoms with Crippen LogP contribution in [0.5, 0.6) is 0 Å². The fourth-order valence-electron chi connectivity index (χ4n) is 3.10. The molecule has 0 saturated carbocycles. The molecular weight excluding hydrogens is 300 g/mol. The smallest absolute Gasteiger partial charge is 0.237 e. The molecule has 1 amide bonds. The molecule has 0 heterocycles. The maximum Gasteiger partial charge on any atom is 0.237 e. The highest BCUT2D eigenvalue weighted by Gasteiger charge is 2.31. The molecule has 0 unspecified atom stereocenters. The Morgan fingerprint density at radius 2 is 1.91 bits per heavy atom. The first kappa shape index (κ1) is 17.0. The summed E-state index contributed by atoms with van der Waals surface area (Å²) in [7, 11) is -3.54. The monoisotopic (exact) mass is 324 g/mol. The number of benzene rings is 1. The Morgan fingerprint density at radius 3 is 2.55 bits per heavy atom. The van der Waals surface area contributed by atoms with E-state index in [1.807, 2.05) is 18.2 Å². The predicted molar refractivity (Wildman–Crippen MR) is 86.9 cm³/mol. The van der Waals surface area contributed by atoms with Crippen molar-refractivity contribution in [1.29, 1.82) is 0 Å². The Morgan fingerprint density at radius 1 is 1.27 bits per heavy atom. The summed E-state index contributed by atoms with van der Waals surface area (Å²) in [6, 6.07) is 7.90. The van der Waals surface area contributed by atoms with Crippen molar-refractivity contribution in [1.82, 2.24) is 9.62 Å². The topological polar surface area (TPSA) is 66.5 Å². The van der Waals surface area contributed by atoms with Crippen LogP contribution in [0, 0.1) is 5.92 Å². The highest BCUT2D eigenvalue weighted by atomic mass is 32.2. The molecule has 0 saturated heterocycles. The van der Waals surface area contributed by atoms with Gasteiger partial charge in [-0.25, -0.2) is 12.7 Å². The summed E-state index contributed by atoms with van der Waals surface area (Å²) < 4.78 is 25.7. The van der Waals surface area contributed by atoms with Gasteiger partial charge in [0.2, 0.25) is 15.9 Å². The zero-order valence-corrected chi connectivity index (χ0v) is 14.2. The van der Waals surface area contributed by atoms with Gasteiger partial charge in [-0.2, -0.15) is 0 Å². The molecule has 1 aliphatic rings. The van der Waals surface area contributed by atoms with Crippen molar-refractivity contribution in [2.45, 2.75) is 33.2 Å². The lowest BCUT2D eigenvalue weighted by Crippen LogP contribution is -2.41. The number of carbonyl (C=O) groups excluding carboxylic acids is 1. The van der Waals surface area contributed by atoms with Gasteiger partial charge in [-0.15, -0.1) is 0 Å². The minimum Gasteiger partial charge on any atom is -0.348 e. The lowest BCUT2D eigenvalue weighted by Gasteiger charge is -2.21. The molecule has 5 nitrogen and oxygen atoms in total. The van der Waals surface area contributed by atoms with Crippen LogP contribution < -0.4 is 5.32 Å². The van der Waals surface area contributed by atoms with E-state index in [1.165, 1.54) is 9.87 Å². The van der Waals surface area contributed by atoms with Crippen LogP contribution in [0.25, 0.3) is 0 Å². The molecule has 1 N–H and O–H groups in total. The third kappa shape index (κ3) is 3.50. The molecule has 1 aromatic carbocycles. The Bertz CT molecular complexity index is 639. The highest BCUT2D eigenvalue weighted by molar-refractivity contribution is 7.89. The maximum absolute atomic E-state index is 12.2. The zero-order chi connectivity index (χ0) is 16.3. The van der Waals surface area contributed by atoms with Gasteiger partial charge in [0.15, 0.2) is 0 Å². The molecule has 6 heteroatoms. The van der Waals surface area contributed by atoms with Crippen LogP contribution in [-0.4, -0.2) is 37.5 Å². The second kappa shape index (κ2) is 6.79. The van der Waals surface area contributed by atoms with Crippen molar-refractivity contribution in [3.63, 3.8) is 0 Å². The summed E-state index contributed by atoms with van der Waals surface area (Å²) in [5.41, 5.74) is 2.33. The van der Waals surface area contributed by atoms with Crippen molar-refractivity contribution in [2.75, 3.05) is 18.8 Å². The normalized spacial score (nSPS) is 20.9. The van der Waals surface area contributed by atoms with E-state index in [4.69, 9.17) is 0 Å². The second-order valence-corrected chi connectivity index (χ2v) is 7.73. The minimum atomic E-state index is -3.54. The first-order chi connectivity index (χ1) is 10.4. The third-order valence-corrected chi connectivity index (χ3v) is 6.16. The molecule has 0 aromatic heterocycles. The number of hydrogen-bond acceptors (Lipinski definition) is 3. The van der Waals surface area contributed by atoms with Crippen LogP contribution in [0.2, 0.25) is 0 Å². The molecule has 1 aliphatic carbocycles. The molecule has 0 aliphatic heterocycles. The quantitative estimate of drug-likeness (QED) is 0.866. The fourth-order valence-corrected chi connectivity index (χ4v) is 4.49. The van der Waals surface area contributed by atoms with E-state index < -0.39 is 21.7 Å². The average Bonchev–Trinajstić information content (AvgIpc) is 2.75. The van der Waals surface area contributed by atoms with Crippen molar-refractivity contribution < 1.29 is 13.2 Å². The summed E-state index contributed by atoms with van der Waals surface area (Å²) in [5.74, 6) is -0.641. The van der Waals surface area contributed by atoms with Crippen LogP contribution in [-0.2, 0) is 21.2 Å². The van der Waals surface area contributed by atoms with Gasteiger partial charge in [0.25, 0.3) is 0 Å². The molecular formula is C16H24N2O3S. The maximum atomic E-state index is 12.2. The molecule has 22 heavy (non-hydrogen) atoms.